The molecular weight excluding hydrogens is 377 g/mol. The molecule has 0 saturated heterocycles. The highest BCUT2D eigenvalue weighted by Crippen LogP contribution is 2.21. The van der Waals surface area contributed by atoms with E-state index in [0.717, 1.165) is 25.3 Å². The van der Waals surface area contributed by atoms with Gasteiger partial charge in [0.15, 0.2) is 5.96 Å². The van der Waals surface area contributed by atoms with Gasteiger partial charge in [0.25, 0.3) is 0 Å². The van der Waals surface area contributed by atoms with Gasteiger partial charge in [0.2, 0.25) is 0 Å². The maximum atomic E-state index is 5.81. The van der Waals surface area contributed by atoms with Crippen LogP contribution in [0.5, 0.6) is 5.75 Å². The summed E-state index contributed by atoms with van der Waals surface area (Å²) in [5.74, 6) is 2.45. The molecule has 0 aromatic heterocycles. The van der Waals surface area contributed by atoms with Gasteiger partial charge in [-0.15, -0.1) is 24.0 Å². The number of benzene rings is 1. The van der Waals surface area contributed by atoms with Crippen LogP contribution in [0.1, 0.15) is 38.7 Å². The van der Waals surface area contributed by atoms with Crippen molar-refractivity contribution < 1.29 is 4.74 Å². The van der Waals surface area contributed by atoms with Gasteiger partial charge in [-0.25, -0.2) is 0 Å². The lowest BCUT2D eigenvalue weighted by atomic mass is 9.98. The molecule has 0 radical (unpaired) electrons. The number of rotatable bonds is 7. The molecule has 0 amide bonds. The summed E-state index contributed by atoms with van der Waals surface area (Å²) in [7, 11) is 1.68. The van der Waals surface area contributed by atoms with Crippen molar-refractivity contribution in [1.29, 1.82) is 0 Å². The molecule has 0 aliphatic heterocycles. The van der Waals surface area contributed by atoms with Crippen molar-refractivity contribution in [1.82, 2.24) is 5.32 Å². The monoisotopic (exact) mass is 405 g/mol. The van der Waals surface area contributed by atoms with Crippen LogP contribution in [-0.4, -0.2) is 26.2 Å². The van der Waals surface area contributed by atoms with Crippen LogP contribution < -0.4 is 15.8 Å². The summed E-state index contributed by atoms with van der Waals surface area (Å²) in [6.07, 6.45) is 1.02. The Morgan fingerprint density at radius 2 is 1.86 bits per heavy atom. The molecular formula is C16H28IN3O. The van der Waals surface area contributed by atoms with Crippen LogP contribution >= 0.6 is 24.0 Å². The Kier molecular flexibility index (Phi) is 10.2. The Labute approximate surface area is 145 Å². The van der Waals surface area contributed by atoms with Crippen molar-refractivity contribution in [2.45, 2.75) is 33.1 Å². The Balaban J connectivity index is 0.00000400. The molecule has 0 aliphatic rings. The topological polar surface area (TPSA) is 59.6 Å². The normalized spacial score (nSPS) is 12.7. The van der Waals surface area contributed by atoms with E-state index in [1.807, 2.05) is 12.1 Å². The second kappa shape index (κ2) is 10.7. The van der Waals surface area contributed by atoms with Crippen molar-refractivity contribution in [3.63, 3.8) is 0 Å². The highest BCUT2D eigenvalue weighted by atomic mass is 127. The third-order valence-electron chi connectivity index (χ3n) is 3.20. The molecule has 0 heterocycles. The third kappa shape index (κ3) is 8.14. The summed E-state index contributed by atoms with van der Waals surface area (Å²) in [4.78, 5) is 4.28. The molecule has 0 aliphatic carbocycles. The van der Waals surface area contributed by atoms with Crippen LogP contribution in [0.15, 0.2) is 29.3 Å². The molecule has 1 rings (SSSR count). The summed E-state index contributed by atoms with van der Waals surface area (Å²) in [5.41, 5.74) is 7.12. The van der Waals surface area contributed by atoms with E-state index in [2.05, 4.69) is 43.2 Å². The molecule has 21 heavy (non-hydrogen) atoms. The Bertz CT molecular complexity index is 418. The van der Waals surface area contributed by atoms with Gasteiger partial charge < -0.3 is 15.8 Å². The first-order valence-electron chi connectivity index (χ1n) is 7.20. The average molecular weight is 405 g/mol. The van der Waals surface area contributed by atoms with E-state index in [1.165, 1.54) is 5.56 Å². The number of hydrogen-bond acceptors (Lipinski definition) is 2. The first-order chi connectivity index (χ1) is 9.52. The number of guanidine groups is 1. The number of ether oxygens (including phenoxy) is 1. The third-order valence-corrected chi connectivity index (χ3v) is 3.20. The van der Waals surface area contributed by atoms with E-state index in [1.54, 1.807) is 7.11 Å². The van der Waals surface area contributed by atoms with Gasteiger partial charge in [-0.2, -0.15) is 0 Å². The van der Waals surface area contributed by atoms with Gasteiger partial charge in [0, 0.05) is 13.1 Å². The first kappa shape index (κ1) is 20.0. The van der Waals surface area contributed by atoms with Gasteiger partial charge in [-0.3, -0.25) is 4.99 Å². The lowest BCUT2D eigenvalue weighted by molar-refractivity contribution is 0.414. The standard InChI is InChI=1S/C16H27N3O.HI/c1-12(2)11-19-16(17)18-10-9-13(3)14-5-7-15(20-4)8-6-14;/h5-8,12-13H,9-11H2,1-4H3,(H3,17,18,19);1H. The summed E-state index contributed by atoms with van der Waals surface area (Å²) in [6, 6.07) is 8.22. The lowest BCUT2D eigenvalue weighted by Crippen LogP contribution is -2.33. The molecule has 0 bridgehead atoms. The van der Waals surface area contributed by atoms with Crippen LogP contribution in [0.4, 0.5) is 0 Å². The van der Waals surface area contributed by atoms with E-state index in [4.69, 9.17) is 10.5 Å². The Morgan fingerprint density at radius 1 is 1.24 bits per heavy atom. The van der Waals surface area contributed by atoms with Gasteiger partial charge in [0.05, 0.1) is 7.11 Å². The zero-order chi connectivity index (χ0) is 15.0. The van der Waals surface area contributed by atoms with Crippen molar-refractivity contribution >= 4 is 29.9 Å². The number of halogens is 1. The SMILES string of the molecule is COc1ccc(C(C)CCNC(N)=NCC(C)C)cc1.I. The fourth-order valence-electron chi connectivity index (χ4n) is 1.85. The fourth-order valence-corrected chi connectivity index (χ4v) is 1.85. The van der Waals surface area contributed by atoms with E-state index in [9.17, 15) is 0 Å². The van der Waals surface area contributed by atoms with Crippen LogP contribution in [0.3, 0.4) is 0 Å². The molecule has 120 valence electrons. The number of nitrogens with one attached hydrogen (secondary N) is 1. The second-order valence-electron chi connectivity index (χ2n) is 5.51. The molecule has 0 fully saturated rings. The van der Waals surface area contributed by atoms with Crippen molar-refractivity contribution in [3.05, 3.63) is 29.8 Å². The molecule has 0 saturated carbocycles. The van der Waals surface area contributed by atoms with E-state index in [-0.39, 0.29) is 24.0 Å². The van der Waals surface area contributed by atoms with Crippen molar-refractivity contribution in [2.75, 3.05) is 20.2 Å². The van der Waals surface area contributed by atoms with Gasteiger partial charge in [0.1, 0.15) is 5.75 Å². The second-order valence-corrected chi connectivity index (χ2v) is 5.51. The maximum absolute atomic E-state index is 5.81. The molecule has 0 spiro atoms. The molecule has 1 unspecified atom stereocenters. The summed E-state index contributed by atoms with van der Waals surface area (Å²) in [6.45, 7) is 8.07. The molecule has 3 N–H and O–H groups in total. The first-order valence-corrected chi connectivity index (χ1v) is 7.20. The number of aliphatic imine (C=N–C) groups is 1. The van der Waals surface area contributed by atoms with Gasteiger partial charge >= 0.3 is 0 Å². The molecule has 1 aromatic rings. The van der Waals surface area contributed by atoms with E-state index >= 15 is 0 Å². The molecule has 5 heteroatoms. The smallest absolute Gasteiger partial charge is 0.188 e. The quantitative estimate of drug-likeness (QED) is 0.416. The van der Waals surface area contributed by atoms with Crippen LogP contribution in [0.25, 0.3) is 0 Å². The molecule has 1 aromatic carbocycles. The Morgan fingerprint density at radius 3 is 2.38 bits per heavy atom. The molecule has 4 nitrogen and oxygen atoms in total. The van der Waals surface area contributed by atoms with Crippen LogP contribution in [-0.2, 0) is 0 Å². The fraction of sp³-hybridized carbons (Fsp3) is 0.562. The highest BCUT2D eigenvalue weighted by Gasteiger charge is 2.05. The number of nitrogens with zero attached hydrogens (tertiary/aromatic N) is 1. The average Bonchev–Trinajstić information content (AvgIpc) is 2.45. The minimum Gasteiger partial charge on any atom is -0.497 e. The molecule has 1 atom stereocenters. The van der Waals surface area contributed by atoms with Gasteiger partial charge in [-0.05, 0) is 36.0 Å². The number of hydrogen-bond donors (Lipinski definition) is 2. The number of methoxy groups -OCH3 is 1. The zero-order valence-corrected chi connectivity index (χ0v) is 15.8. The predicted molar refractivity (Wildman–Crippen MR) is 101 cm³/mol. The lowest BCUT2D eigenvalue weighted by Gasteiger charge is -2.13. The summed E-state index contributed by atoms with van der Waals surface area (Å²) in [5, 5.41) is 3.16. The van der Waals surface area contributed by atoms with E-state index < -0.39 is 0 Å². The number of nitrogens with two attached hydrogens (primary N) is 1. The van der Waals surface area contributed by atoms with Crippen LogP contribution in [0, 0.1) is 5.92 Å². The maximum Gasteiger partial charge on any atom is 0.188 e. The minimum atomic E-state index is 0. The van der Waals surface area contributed by atoms with Gasteiger partial charge in [-0.1, -0.05) is 32.9 Å². The van der Waals surface area contributed by atoms with Crippen molar-refractivity contribution in [3.8, 4) is 5.75 Å². The van der Waals surface area contributed by atoms with E-state index in [0.29, 0.717) is 17.8 Å². The Hall–Kier alpha value is -0.980. The highest BCUT2D eigenvalue weighted by molar-refractivity contribution is 14.0. The summed E-state index contributed by atoms with van der Waals surface area (Å²) >= 11 is 0. The predicted octanol–water partition coefficient (Wildman–Crippen LogP) is 3.37. The largest absolute Gasteiger partial charge is 0.497 e. The zero-order valence-electron chi connectivity index (χ0n) is 13.4. The van der Waals surface area contributed by atoms with Crippen LogP contribution in [0.2, 0.25) is 0 Å². The minimum absolute atomic E-state index is 0. The summed E-state index contributed by atoms with van der Waals surface area (Å²) < 4.78 is 5.16. The van der Waals surface area contributed by atoms with Crippen molar-refractivity contribution in [2.24, 2.45) is 16.6 Å².